The van der Waals surface area contributed by atoms with Crippen LogP contribution >= 0.6 is 21.6 Å². The molecule has 0 saturated carbocycles. The number of hydrogen-bond acceptors (Lipinski definition) is 12. The second-order valence-corrected chi connectivity index (χ2v) is 16.3. The van der Waals surface area contributed by atoms with E-state index in [4.69, 9.17) is 36.6 Å². The first kappa shape index (κ1) is 44.0. The molecule has 0 aliphatic rings. The summed E-state index contributed by atoms with van der Waals surface area (Å²) in [5.41, 5.74) is 21.4. The summed E-state index contributed by atoms with van der Waals surface area (Å²) in [5.74, 6) is -0.840. The third kappa shape index (κ3) is 13.8. The van der Waals surface area contributed by atoms with Gasteiger partial charge < -0.3 is 37.1 Å². The van der Waals surface area contributed by atoms with Gasteiger partial charge in [0.1, 0.15) is 11.4 Å². The van der Waals surface area contributed by atoms with Crippen LogP contribution in [0.2, 0.25) is 0 Å². The molecular formula is C42H48N8O7S2. The number of hydrogen-bond donors (Lipinski definition) is 5. The van der Waals surface area contributed by atoms with E-state index < -0.39 is 24.0 Å². The molecule has 15 nitrogen and oxygen atoms in total. The van der Waals surface area contributed by atoms with Crippen LogP contribution in [0.5, 0.6) is 11.6 Å². The number of nitrogens with one attached hydrogen (secondary N) is 1. The molecular weight excluding hydrogens is 793 g/mol. The number of aromatic hydroxyl groups is 1. The highest BCUT2D eigenvalue weighted by Crippen LogP contribution is 2.29. The predicted octanol–water partition coefficient (Wildman–Crippen LogP) is 5.19. The van der Waals surface area contributed by atoms with Crippen molar-refractivity contribution in [3.63, 3.8) is 0 Å². The van der Waals surface area contributed by atoms with Gasteiger partial charge in [-0.2, -0.15) is 0 Å². The first-order chi connectivity index (χ1) is 28.5. The molecule has 0 aliphatic carbocycles. The molecule has 0 saturated heterocycles. The fraction of sp³-hybridized carbons (Fsp3) is 0.310. The second kappa shape index (κ2) is 22.2. The highest BCUT2D eigenvalue weighted by Gasteiger charge is 2.26. The maximum absolute atomic E-state index is 13.0. The van der Waals surface area contributed by atoms with E-state index in [1.165, 1.54) is 28.5 Å². The minimum atomic E-state index is -0.854. The van der Waals surface area contributed by atoms with Crippen LogP contribution in [-0.4, -0.2) is 79.9 Å². The van der Waals surface area contributed by atoms with E-state index in [2.05, 4.69) is 10.3 Å². The number of fused-ring (bicyclic) bond motifs is 1. The van der Waals surface area contributed by atoms with E-state index in [9.17, 15) is 24.3 Å². The molecule has 3 aromatic carbocycles. The SMILES string of the molecule is CC(=O)N[C@H](CSSCCCOC(=O)Oc1ccc(-c2cn3c(O)c(Cc4ccccc4)nc3c(Cc3ccccc3)n2)cc1)C(=O)C[C@H](CCCN=C(N)N)C(N)=O. The molecule has 59 heavy (non-hydrogen) atoms. The fourth-order valence-corrected chi connectivity index (χ4v) is 8.36. The Bertz CT molecular complexity index is 2220. The zero-order valence-electron chi connectivity index (χ0n) is 32.6. The van der Waals surface area contributed by atoms with Gasteiger partial charge in [0.05, 0.1) is 24.0 Å². The van der Waals surface area contributed by atoms with Crippen LogP contribution in [0.25, 0.3) is 16.9 Å². The van der Waals surface area contributed by atoms with Crippen molar-refractivity contribution in [2.75, 3.05) is 24.7 Å². The lowest BCUT2D eigenvalue weighted by Crippen LogP contribution is -2.43. The largest absolute Gasteiger partial charge is 0.513 e. The third-order valence-electron chi connectivity index (χ3n) is 9.03. The van der Waals surface area contributed by atoms with E-state index in [0.29, 0.717) is 67.1 Å². The standard InChI is InChI=1S/C42H48N8O7S2/c1-27(51)47-36(37(52)24-31(38(43)53)14-8-19-46-41(44)45)26-59-58-21-9-20-56-42(55)57-32-17-15-30(16-18-32)35-25-50-39(33(48-35)22-28-10-4-2-5-11-28)49-34(40(50)54)23-29-12-6-3-7-13-29/h2-7,10-13,15-18,25,31,36,54H,8-9,14,19-24,26H2,1H3,(H2,43,53)(H,47,51)(H4,44,45,46)/t31-,36+/m0/s1. The lowest BCUT2D eigenvalue weighted by atomic mass is 9.94. The molecule has 0 spiro atoms. The molecule has 0 fully saturated rings. The lowest BCUT2D eigenvalue weighted by molar-refractivity contribution is -0.129. The number of nitrogens with two attached hydrogens (primary N) is 3. The van der Waals surface area contributed by atoms with Crippen LogP contribution in [-0.2, 0) is 32.0 Å². The highest BCUT2D eigenvalue weighted by molar-refractivity contribution is 8.76. The molecule has 2 heterocycles. The molecule has 8 N–H and O–H groups in total. The maximum atomic E-state index is 13.0. The van der Waals surface area contributed by atoms with Crippen LogP contribution in [0, 0.1) is 5.92 Å². The van der Waals surface area contributed by atoms with Gasteiger partial charge >= 0.3 is 6.16 Å². The number of benzene rings is 3. The average Bonchev–Trinajstić information content (AvgIpc) is 3.53. The number of primary amides is 1. The van der Waals surface area contributed by atoms with Crippen molar-refractivity contribution < 1.29 is 33.8 Å². The summed E-state index contributed by atoms with van der Waals surface area (Å²) in [6, 6.07) is 25.8. The Labute approximate surface area is 350 Å². The summed E-state index contributed by atoms with van der Waals surface area (Å²) in [6.45, 7) is 1.73. The number of Topliss-reactive ketones (excluding diaryl/α,β-unsaturated/α-hetero) is 1. The molecule has 0 radical (unpaired) electrons. The summed E-state index contributed by atoms with van der Waals surface area (Å²) in [4.78, 5) is 62.9. The molecule has 5 aromatic rings. The van der Waals surface area contributed by atoms with E-state index in [0.717, 1.165) is 16.7 Å². The van der Waals surface area contributed by atoms with Crippen molar-refractivity contribution in [1.82, 2.24) is 19.7 Å². The maximum Gasteiger partial charge on any atom is 0.513 e. The molecule has 2 aromatic heterocycles. The van der Waals surface area contributed by atoms with Gasteiger partial charge in [-0.05, 0) is 54.7 Å². The molecule has 2 amide bonds. The van der Waals surface area contributed by atoms with E-state index in [1.807, 2.05) is 60.7 Å². The van der Waals surface area contributed by atoms with E-state index in [1.54, 1.807) is 34.9 Å². The molecule has 2 atom stereocenters. The van der Waals surface area contributed by atoms with Crippen LogP contribution in [0.3, 0.4) is 0 Å². The number of aliphatic imine (C=N–C) groups is 1. The summed E-state index contributed by atoms with van der Waals surface area (Å²) >= 11 is 0. The van der Waals surface area contributed by atoms with Crippen molar-refractivity contribution >= 4 is 56.9 Å². The zero-order chi connectivity index (χ0) is 42.1. The first-order valence-electron chi connectivity index (χ1n) is 19.0. The summed E-state index contributed by atoms with van der Waals surface area (Å²) in [5, 5.41) is 13.9. The van der Waals surface area contributed by atoms with Crippen LogP contribution < -0.4 is 27.3 Å². The van der Waals surface area contributed by atoms with E-state index in [-0.39, 0.29) is 48.1 Å². The number of carbonyl (C=O) groups is 4. The number of ether oxygens (including phenoxy) is 2. The van der Waals surface area contributed by atoms with Crippen molar-refractivity contribution in [1.29, 1.82) is 0 Å². The van der Waals surface area contributed by atoms with Gasteiger partial charge in [-0.25, -0.2) is 14.8 Å². The van der Waals surface area contributed by atoms with Gasteiger partial charge in [0.15, 0.2) is 17.4 Å². The summed E-state index contributed by atoms with van der Waals surface area (Å²) in [7, 11) is 2.83. The zero-order valence-corrected chi connectivity index (χ0v) is 34.3. The average molecular weight is 841 g/mol. The number of imidazole rings is 1. The Morgan fingerprint density at radius 3 is 2.15 bits per heavy atom. The van der Waals surface area contributed by atoms with Crippen molar-refractivity contribution in [2.45, 2.75) is 51.5 Å². The number of guanidine groups is 1. The normalized spacial score (nSPS) is 12.0. The van der Waals surface area contributed by atoms with Gasteiger partial charge in [-0.1, -0.05) is 82.3 Å². The smallest absolute Gasteiger partial charge is 0.493 e. The van der Waals surface area contributed by atoms with Crippen LogP contribution in [0.15, 0.2) is 96.1 Å². The molecule has 17 heteroatoms. The predicted molar refractivity (Wildman–Crippen MR) is 230 cm³/mol. The molecule has 0 aliphatic heterocycles. The first-order valence-corrected chi connectivity index (χ1v) is 21.5. The van der Waals surface area contributed by atoms with Crippen molar-refractivity contribution in [2.24, 2.45) is 28.1 Å². The van der Waals surface area contributed by atoms with Gasteiger partial charge in [0.2, 0.25) is 17.7 Å². The Morgan fingerprint density at radius 2 is 1.53 bits per heavy atom. The number of carbonyl (C=O) groups excluding carboxylic acids is 4. The van der Waals surface area contributed by atoms with Gasteiger partial charge in [-0.15, -0.1) is 0 Å². The topological polar surface area (TPSA) is 240 Å². The molecule has 5 rings (SSSR count). The minimum absolute atomic E-state index is 0.0464. The Morgan fingerprint density at radius 1 is 0.864 bits per heavy atom. The van der Waals surface area contributed by atoms with Gasteiger partial charge in [0.25, 0.3) is 0 Å². The number of amides is 2. The number of rotatable bonds is 22. The molecule has 310 valence electrons. The highest BCUT2D eigenvalue weighted by atomic mass is 33.1. The van der Waals surface area contributed by atoms with Crippen molar-refractivity contribution in [3.05, 3.63) is 114 Å². The second-order valence-electron chi connectivity index (χ2n) is 13.6. The number of ketones is 1. The minimum Gasteiger partial charge on any atom is -0.493 e. The number of aromatic nitrogens is 3. The van der Waals surface area contributed by atoms with Crippen LogP contribution in [0.4, 0.5) is 4.79 Å². The van der Waals surface area contributed by atoms with Gasteiger partial charge in [0, 0.05) is 61.9 Å². The summed E-state index contributed by atoms with van der Waals surface area (Å²) in [6.07, 6.45) is 3.07. The quantitative estimate of drug-likeness (QED) is 0.0151. The lowest BCUT2D eigenvalue weighted by Gasteiger charge is -2.19. The third-order valence-corrected chi connectivity index (χ3v) is 11.5. The van der Waals surface area contributed by atoms with Crippen molar-refractivity contribution in [3.8, 4) is 22.9 Å². The van der Waals surface area contributed by atoms with Crippen LogP contribution in [0.1, 0.15) is 55.1 Å². The number of nitrogens with zero attached hydrogens (tertiary/aromatic N) is 4. The summed E-state index contributed by atoms with van der Waals surface area (Å²) < 4.78 is 12.3. The van der Waals surface area contributed by atoms with E-state index >= 15 is 0 Å². The molecule has 0 unspecified atom stereocenters. The Kier molecular flexibility index (Phi) is 16.6. The monoisotopic (exact) mass is 840 g/mol. The Hall–Kier alpha value is -6.07. The van der Waals surface area contributed by atoms with Gasteiger partial charge in [-0.3, -0.25) is 23.8 Å². The Balaban J connectivity index is 1.11. The molecule has 0 bridgehead atoms. The fourth-order valence-electron chi connectivity index (χ4n) is 6.10.